The summed E-state index contributed by atoms with van der Waals surface area (Å²) in [6.45, 7) is 13.4. The molecule has 0 aromatic heterocycles. The predicted octanol–water partition coefficient (Wildman–Crippen LogP) is 3.36. The van der Waals surface area contributed by atoms with Crippen LogP contribution < -0.4 is 11.1 Å². The summed E-state index contributed by atoms with van der Waals surface area (Å²) in [6, 6.07) is 4.18. The Kier molecular flexibility index (Phi) is 5.26. The average molecular weight is 308 g/mol. The Hall–Kier alpha value is -1.29. The molecule has 0 radical (unpaired) electrons. The maximum Gasteiger partial charge on any atom is 0.163 e. The Bertz CT molecular complexity index is 490. The van der Waals surface area contributed by atoms with E-state index < -0.39 is 0 Å². The highest BCUT2D eigenvalue weighted by molar-refractivity contribution is 7.80. The van der Waals surface area contributed by atoms with Crippen LogP contribution in [0.4, 0.5) is 0 Å². The van der Waals surface area contributed by atoms with Gasteiger partial charge in [0.05, 0.1) is 0 Å². The molecular weight excluding hydrogens is 280 g/mol. The van der Waals surface area contributed by atoms with Gasteiger partial charge in [-0.25, -0.2) is 0 Å². The molecule has 0 bridgehead atoms. The molecule has 1 aromatic carbocycles. The van der Waals surface area contributed by atoms with E-state index in [4.69, 9.17) is 18.0 Å². The molecule has 1 rings (SSSR count). The Morgan fingerprint density at radius 1 is 1.10 bits per heavy atom. The van der Waals surface area contributed by atoms with Crippen molar-refractivity contribution in [1.82, 2.24) is 5.32 Å². The lowest BCUT2D eigenvalue weighted by Gasteiger charge is -2.28. The highest BCUT2D eigenvalue weighted by atomic mass is 32.1. The number of hydrogen-bond acceptors (Lipinski definition) is 2. The molecule has 0 aliphatic heterocycles. The van der Waals surface area contributed by atoms with Crippen LogP contribution in [-0.2, 0) is 17.3 Å². The van der Waals surface area contributed by atoms with Crippen LogP contribution in [0.5, 0.6) is 5.75 Å². The van der Waals surface area contributed by atoms with Crippen molar-refractivity contribution in [2.45, 2.75) is 58.8 Å². The summed E-state index contributed by atoms with van der Waals surface area (Å²) >= 11 is 4.83. The minimum Gasteiger partial charge on any atom is -0.507 e. The molecule has 0 atom stereocenters. The van der Waals surface area contributed by atoms with Crippen LogP contribution in [0.1, 0.15) is 58.2 Å². The van der Waals surface area contributed by atoms with Gasteiger partial charge in [-0.05, 0) is 46.2 Å². The van der Waals surface area contributed by atoms with Gasteiger partial charge >= 0.3 is 0 Å². The first-order valence-corrected chi connectivity index (χ1v) is 7.74. The fourth-order valence-electron chi connectivity index (χ4n) is 2.31. The first kappa shape index (κ1) is 17.8. The minimum absolute atomic E-state index is 0.101. The van der Waals surface area contributed by atoms with Crippen LogP contribution in [-0.4, -0.2) is 16.8 Å². The van der Waals surface area contributed by atoms with E-state index in [2.05, 4.69) is 59.0 Å². The van der Waals surface area contributed by atoms with Crippen LogP contribution in [0.2, 0.25) is 0 Å². The van der Waals surface area contributed by atoms with Crippen molar-refractivity contribution in [1.29, 1.82) is 0 Å². The molecule has 0 heterocycles. The highest BCUT2D eigenvalue weighted by Crippen LogP contribution is 2.39. The monoisotopic (exact) mass is 308 g/mol. The summed E-state index contributed by atoms with van der Waals surface area (Å²) in [5.41, 5.74) is 8.42. The Morgan fingerprint density at radius 2 is 1.52 bits per heavy atom. The summed E-state index contributed by atoms with van der Waals surface area (Å²) in [7, 11) is 0. The molecule has 0 aliphatic carbocycles. The maximum atomic E-state index is 10.6. The lowest BCUT2D eigenvalue weighted by Crippen LogP contribution is -2.30. The van der Waals surface area contributed by atoms with Crippen LogP contribution in [0, 0.1) is 0 Å². The molecule has 0 aliphatic rings. The molecule has 21 heavy (non-hydrogen) atoms. The molecule has 4 heteroatoms. The topological polar surface area (TPSA) is 58.3 Å². The Morgan fingerprint density at radius 3 is 1.86 bits per heavy atom. The summed E-state index contributed by atoms with van der Waals surface area (Å²) in [6.07, 6.45) is 0.823. The molecule has 0 fully saturated rings. The van der Waals surface area contributed by atoms with E-state index in [0.29, 0.717) is 17.4 Å². The van der Waals surface area contributed by atoms with Gasteiger partial charge < -0.3 is 16.2 Å². The van der Waals surface area contributed by atoms with Gasteiger partial charge in [-0.2, -0.15) is 0 Å². The molecule has 4 N–H and O–H groups in total. The van der Waals surface area contributed by atoms with E-state index in [0.717, 1.165) is 17.5 Å². The van der Waals surface area contributed by atoms with Gasteiger partial charge in [-0.15, -0.1) is 0 Å². The molecule has 0 spiro atoms. The number of nitrogens with two attached hydrogens (primary N) is 1. The van der Waals surface area contributed by atoms with Crippen molar-refractivity contribution >= 4 is 17.3 Å². The lowest BCUT2D eigenvalue weighted by molar-refractivity contribution is 0.422. The second kappa shape index (κ2) is 6.22. The molecular formula is C17H28N2OS. The molecule has 118 valence electrons. The summed E-state index contributed by atoms with van der Waals surface area (Å²) in [5.74, 6) is 0.418. The lowest BCUT2D eigenvalue weighted by atomic mass is 9.78. The average Bonchev–Trinajstić information content (AvgIpc) is 2.27. The van der Waals surface area contributed by atoms with Crippen molar-refractivity contribution in [3.8, 4) is 5.75 Å². The zero-order chi connectivity index (χ0) is 16.4. The summed E-state index contributed by atoms with van der Waals surface area (Å²) < 4.78 is 0. The number of aromatic hydroxyl groups is 1. The van der Waals surface area contributed by atoms with Gasteiger partial charge in [0, 0.05) is 6.54 Å². The Balaban J connectivity index is 3.24. The molecule has 1 aromatic rings. The van der Waals surface area contributed by atoms with E-state index in [1.165, 1.54) is 5.56 Å². The highest BCUT2D eigenvalue weighted by Gasteiger charge is 2.26. The van der Waals surface area contributed by atoms with Gasteiger partial charge in [0.1, 0.15) is 5.75 Å². The second-order valence-corrected chi connectivity index (χ2v) is 8.02. The number of benzene rings is 1. The molecule has 0 unspecified atom stereocenters. The zero-order valence-electron chi connectivity index (χ0n) is 14.0. The Labute approximate surface area is 133 Å². The third-order valence-electron chi connectivity index (χ3n) is 3.50. The zero-order valence-corrected chi connectivity index (χ0v) is 14.8. The van der Waals surface area contributed by atoms with Crippen molar-refractivity contribution < 1.29 is 5.11 Å². The quantitative estimate of drug-likeness (QED) is 0.749. The third kappa shape index (κ3) is 4.88. The number of thiocarbonyl (C=S) groups is 1. The van der Waals surface area contributed by atoms with E-state index in [1.54, 1.807) is 0 Å². The molecule has 0 saturated carbocycles. The van der Waals surface area contributed by atoms with Crippen LogP contribution in [0.15, 0.2) is 12.1 Å². The number of nitrogens with one attached hydrogen (secondary N) is 1. The van der Waals surface area contributed by atoms with E-state index >= 15 is 0 Å². The fraction of sp³-hybridized carbons (Fsp3) is 0.588. The first-order chi connectivity index (χ1) is 9.43. The summed E-state index contributed by atoms with van der Waals surface area (Å²) in [4.78, 5) is 0. The van der Waals surface area contributed by atoms with Crippen LogP contribution >= 0.6 is 12.2 Å². The molecule has 0 amide bonds. The predicted molar refractivity (Wildman–Crippen MR) is 94.0 cm³/mol. The SMILES string of the molecule is CC(C)(C)c1cc(CCNC(N)=S)cc(C(C)(C)C)c1O. The molecule has 3 nitrogen and oxygen atoms in total. The van der Waals surface area contributed by atoms with Gasteiger partial charge in [0.25, 0.3) is 0 Å². The maximum absolute atomic E-state index is 10.6. The first-order valence-electron chi connectivity index (χ1n) is 7.33. The van der Waals surface area contributed by atoms with Crippen LogP contribution in [0.25, 0.3) is 0 Å². The van der Waals surface area contributed by atoms with Crippen molar-refractivity contribution in [3.63, 3.8) is 0 Å². The van der Waals surface area contributed by atoms with Crippen molar-refractivity contribution in [2.24, 2.45) is 5.73 Å². The van der Waals surface area contributed by atoms with Crippen molar-refractivity contribution in [2.75, 3.05) is 6.54 Å². The van der Waals surface area contributed by atoms with Gasteiger partial charge in [-0.1, -0.05) is 53.7 Å². The van der Waals surface area contributed by atoms with E-state index in [9.17, 15) is 5.11 Å². The van der Waals surface area contributed by atoms with Gasteiger partial charge in [0.2, 0.25) is 0 Å². The normalized spacial score (nSPS) is 12.3. The number of phenolic OH excluding ortho intramolecular Hbond substituents is 1. The second-order valence-electron chi connectivity index (χ2n) is 7.58. The number of rotatable bonds is 3. The van der Waals surface area contributed by atoms with Crippen molar-refractivity contribution in [3.05, 3.63) is 28.8 Å². The van der Waals surface area contributed by atoms with Crippen LogP contribution in [0.3, 0.4) is 0 Å². The smallest absolute Gasteiger partial charge is 0.163 e. The van der Waals surface area contributed by atoms with Gasteiger partial charge in [-0.3, -0.25) is 0 Å². The summed E-state index contributed by atoms with van der Waals surface area (Å²) in [5, 5.41) is 13.9. The number of phenols is 1. The molecule has 0 saturated heterocycles. The standard InChI is InChI=1S/C17H28N2OS/c1-16(2,3)12-9-11(7-8-19-15(18)21)10-13(14(12)20)17(4,5)6/h9-10,20H,7-8H2,1-6H3,(H3,18,19,21). The van der Waals surface area contributed by atoms with Gasteiger partial charge in [0.15, 0.2) is 5.11 Å². The third-order valence-corrected chi connectivity index (χ3v) is 3.64. The van der Waals surface area contributed by atoms with E-state index in [-0.39, 0.29) is 10.8 Å². The minimum atomic E-state index is -0.101. The number of hydrogen-bond donors (Lipinski definition) is 3. The fourth-order valence-corrected chi connectivity index (χ4v) is 2.41. The largest absolute Gasteiger partial charge is 0.507 e. The van der Waals surface area contributed by atoms with E-state index in [1.807, 2.05) is 0 Å².